The van der Waals surface area contributed by atoms with Gasteiger partial charge in [0.2, 0.25) is 0 Å². The fourth-order valence-corrected chi connectivity index (χ4v) is 1.23. The molecule has 2 aromatic rings. The van der Waals surface area contributed by atoms with Crippen LogP contribution in [0.15, 0.2) is 53.8 Å². The number of nitrogens with zero attached hydrogens (tertiary/aromatic N) is 2. The fourth-order valence-electron chi connectivity index (χ4n) is 1.23. The van der Waals surface area contributed by atoms with E-state index in [2.05, 4.69) is 10.1 Å². The maximum Gasteiger partial charge on any atom is 0.158 e. The van der Waals surface area contributed by atoms with E-state index in [9.17, 15) is 0 Å². The summed E-state index contributed by atoms with van der Waals surface area (Å²) >= 11 is 0. The molecule has 17 heavy (non-hydrogen) atoms. The molecule has 2 rings (SSSR count). The number of methoxy groups -OCH3 is 1. The van der Waals surface area contributed by atoms with Gasteiger partial charge >= 0.3 is 0 Å². The molecule has 0 fully saturated rings. The molecule has 0 N–H and O–H groups in total. The summed E-state index contributed by atoms with van der Waals surface area (Å²) in [4.78, 5) is 9.27. The lowest BCUT2D eigenvalue weighted by Gasteiger charge is -2.00. The van der Waals surface area contributed by atoms with Crippen molar-refractivity contribution in [3.05, 3.63) is 54.4 Å². The molecular weight excluding hydrogens is 216 g/mol. The van der Waals surface area contributed by atoms with Crippen molar-refractivity contribution in [2.75, 3.05) is 7.11 Å². The summed E-state index contributed by atoms with van der Waals surface area (Å²) in [6.45, 7) is 0. The number of rotatable bonds is 4. The molecule has 0 aliphatic rings. The lowest BCUT2D eigenvalue weighted by Crippen LogP contribution is -1.89. The highest BCUT2D eigenvalue weighted by atomic mass is 16.6. The van der Waals surface area contributed by atoms with E-state index in [1.807, 2.05) is 30.3 Å². The Hall–Kier alpha value is -2.36. The SMILES string of the molecule is COc1ccc(O/N=C/c2ccccn2)cc1. The summed E-state index contributed by atoms with van der Waals surface area (Å²) in [7, 11) is 1.62. The highest BCUT2D eigenvalue weighted by Crippen LogP contribution is 2.16. The molecule has 0 saturated heterocycles. The van der Waals surface area contributed by atoms with Crippen LogP contribution in [-0.4, -0.2) is 18.3 Å². The number of hydrogen-bond acceptors (Lipinski definition) is 4. The Balaban J connectivity index is 1.95. The predicted molar refractivity (Wildman–Crippen MR) is 65.5 cm³/mol. The average Bonchev–Trinajstić information content (AvgIpc) is 2.41. The first kappa shape index (κ1) is 11.1. The quantitative estimate of drug-likeness (QED) is 0.596. The largest absolute Gasteiger partial charge is 0.497 e. The van der Waals surface area contributed by atoms with Crippen LogP contribution in [0.1, 0.15) is 5.69 Å². The zero-order valence-electron chi connectivity index (χ0n) is 9.41. The third kappa shape index (κ3) is 3.31. The first-order chi connectivity index (χ1) is 8.38. The maximum absolute atomic E-state index is 5.18. The van der Waals surface area contributed by atoms with Crippen LogP contribution in [0.5, 0.6) is 11.5 Å². The molecule has 1 aromatic heterocycles. The van der Waals surface area contributed by atoms with E-state index in [0.29, 0.717) is 5.75 Å². The molecule has 0 bridgehead atoms. The molecule has 0 aliphatic heterocycles. The molecule has 0 spiro atoms. The van der Waals surface area contributed by atoms with Gasteiger partial charge in [-0.25, -0.2) is 0 Å². The van der Waals surface area contributed by atoms with Gasteiger partial charge in [-0.05, 0) is 36.4 Å². The van der Waals surface area contributed by atoms with Crippen molar-refractivity contribution in [1.29, 1.82) is 0 Å². The van der Waals surface area contributed by atoms with Crippen molar-refractivity contribution in [1.82, 2.24) is 4.98 Å². The highest BCUT2D eigenvalue weighted by molar-refractivity contribution is 5.76. The van der Waals surface area contributed by atoms with E-state index in [1.165, 1.54) is 0 Å². The van der Waals surface area contributed by atoms with Crippen molar-refractivity contribution < 1.29 is 9.57 Å². The molecule has 0 saturated carbocycles. The van der Waals surface area contributed by atoms with Crippen LogP contribution < -0.4 is 9.57 Å². The van der Waals surface area contributed by atoms with E-state index in [0.717, 1.165) is 11.4 Å². The summed E-state index contributed by atoms with van der Waals surface area (Å²) in [5.74, 6) is 1.43. The van der Waals surface area contributed by atoms with E-state index >= 15 is 0 Å². The topological polar surface area (TPSA) is 43.7 Å². The van der Waals surface area contributed by atoms with Crippen LogP contribution in [0.3, 0.4) is 0 Å². The molecule has 0 radical (unpaired) electrons. The first-order valence-corrected chi connectivity index (χ1v) is 5.14. The molecular formula is C13H12N2O2. The minimum absolute atomic E-state index is 0.651. The number of ether oxygens (including phenoxy) is 1. The van der Waals surface area contributed by atoms with Crippen LogP contribution in [0.2, 0.25) is 0 Å². The Kier molecular flexibility index (Phi) is 3.70. The van der Waals surface area contributed by atoms with Crippen LogP contribution in [0, 0.1) is 0 Å². The predicted octanol–water partition coefficient (Wildman–Crippen LogP) is 2.50. The second-order valence-corrected chi connectivity index (χ2v) is 3.26. The Morgan fingerprint density at radius 1 is 1.06 bits per heavy atom. The zero-order valence-corrected chi connectivity index (χ0v) is 9.41. The monoisotopic (exact) mass is 228 g/mol. The Morgan fingerprint density at radius 3 is 2.47 bits per heavy atom. The van der Waals surface area contributed by atoms with Crippen molar-refractivity contribution in [3.63, 3.8) is 0 Å². The molecule has 1 aromatic carbocycles. The lowest BCUT2D eigenvalue weighted by molar-refractivity contribution is 0.342. The fraction of sp³-hybridized carbons (Fsp3) is 0.0769. The number of pyridine rings is 1. The molecule has 1 heterocycles. The Labute approximate surface area is 99.5 Å². The molecule has 0 atom stereocenters. The smallest absolute Gasteiger partial charge is 0.158 e. The normalized spacial score (nSPS) is 10.4. The average molecular weight is 228 g/mol. The second kappa shape index (κ2) is 5.65. The summed E-state index contributed by atoms with van der Waals surface area (Å²) in [5.41, 5.74) is 0.751. The van der Waals surface area contributed by atoms with Gasteiger partial charge in [0.1, 0.15) is 5.75 Å². The number of oxime groups is 1. The third-order valence-corrected chi connectivity index (χ3v) is 2.09. The third-order valence-electron chi connectivity index (χ3n) is 2.09. The Morgan fingerprint density at radius 2 is 1.82 bits per heavy atom. The van der Waals surface area contributed by atoms with Gasteiger partial charge in [0.15, 0.2) is 5.75 Å². The van der Waals surface area contributed by atoms with Crippen molar-refractivity contribution in [3.8, 4) is 11.5 Å². The Bertz CT molecular complexity index is 481. The van der Waals surface area contributed by atoms with Gasteiger partial charge in [-0.3, -0.25) is 4.98 Å². The van der Waals surface area contributed by atoms with E-state index in [-0.39, 0.29) is 0 Å². The van der Waals surface area contributed by atoms with Crippen molar-refractivity contribution in [2.24, 2.45) is 5.16 Å². The highest BCUT2D eigenvalue weighted by Gasteiger charge is 1.93. The van der Waals surface area contributed by atoms with Gasteiger partial charge in [0, 0.05) is 6.20 Å². The molecule has 4 heteroatoms. The van der Waals surface area contributed by atoms with Crippen LogP contribution in [-0.2, 0) is 0 Å². The molecule has 4 nitrogen and oxygen atoms in total. The second-order valence-electron chi connectivity index (χ2n) is 3.26. The molecule has 0 amide bonds. The molecule has 0 aliphatic carbocycles. The van der Waals surface area contributed by atoms with E-state index < -0.39 is 0 Å². The van der Waals surface area contributed by atoms with Gasteiger partial charge in [0.25, 0.3) is 0 Å². The van der Waals surface area contributed by atoms with Crippen molar-refractivity contribution >= 4 is 6.21 Å². The first-order valence-electron chi connectivity index (χ1n) is 5.14. The van der Waals surface area contributed by atoms with Gasteiger partial charge in [0.05, 0.1) is 19.0 Å². The minimum Gasteiger partial charge on any atom is -0.497 e. The van der Waals surface area contributed by atoms with Gasteiger partial charge in [-0.2, -0.15) is 0 Å². The van der Waals surface area contributed by atoms with Gasteiger partial charge < -0.3 is 9.57 Å². The summed E-state index contributed by atoms with van der Waals surface area (Å²) in [6.07, 6.45) is 3.26. The van der Waals surface area contributed by atoms with E-state index in [4.69, 9.17) is 9.57 Å². The lowest BCUT2D eigenvalue weighted by atomic mass is 10.3. The van der Waals surface area contributed by atoms with Gasteiger partial charge in [-0.15, -0.1) is 0 Å². The number of aromatic nitrogens is 1. The van der Waals surface area contributed by atoms with Crippen molar-refractivity contribution in [2.45, 2.75) is 0 Å². The molecule has 86 valence electrons. The summed E-state index contributed by atoms with van der Waals surface area (Å²) < 4.78 is 5.04. The van der Waals surface area contributed by atoms with Crippen LogP contribution in [0.25, 0.3) is 0 Å². The minimum atomic E-state index is 0.651. The van der Waals surface area contributed by atoms with Gasteiger partial charge in [-0.1, -0.05) is 11.2 Å². The summed E-state index contributed by atoms with van der Waals surface area (Å²) in [6, 6.07) is 12.8. The van der Waals surface area contributed by atoms with E-state index in [1.54, 1.807) is 31.7 Å². The zero-order chi connectivity index (χ0) is 11.9. The summed E-state index contributed by atoms with van der Waals surface area (Å²) in [5, 5.41) is 3.84. The van der Waals surface area contributed by atoms with Crippen LogP contribution >= 0.6 is 0 Å². The standard InChI is InChI=1S/C13H12N2O2/c1-16-12-5-7-13(8-6-12)17-15-10-11-4-2-3-9-14-11/h2-10H,1H3/b15-10+. The number of hydrogen-bond donors (Lipinski definition) is 0. The maximum atomic E-state index is 5.18. The van der Waals surface area contributed by atoms with Crippen LogP contribution in [0.4, 0.5) is 0 Å². The molecule has 0 unspecified atom stereocenters. The number of benzene rings is 1.